The first-order chi connectivity index (χ1) is 12.3. The lowest BCUT2D eigenvalue weighted by Gasteiger charge is -2.39. The lowest BCUT2D eigenvalue weighted by molar-refractivity contribution is -0.181. The molecule has 1 aliphatic rings. The quantitative estimate of drug-likeness (QED) is 0.272. The third-order valence-corrected chi connectivity index (χ3v) is 4.77. The molecule has 156 valence electrons. The molecule has 0 amide bonds. The number of aromatic nitrogens is 2. The minimum absolute atomic E-state index is 0. The molecule has 0 spiro atoms. The molecule has 0 aliphatic carbocycles. The molecule has 6 nitrogen and oxygen atoms in total. The van der Waals surface area contributed by atoms with Gasteiger partial charge in [0.2, 0.25) is 0 Å². The first-order valence-electron chi connectivity index (χ1n) is 9.15. The maximum Gasteiger partial charge on any atom is 0.403 e. The van der Waals surface area contributed by atoms with Gasteiger partial charge in [-0.05, 0) is 39.2 Å². The molecule has 10 heteroatoms. The Kier molecular flexibility index (Phi) is 9.85. The third kappa shape index (κ3) is 7.13. The average Bonchev–Trinajstić information content (AvgIpc) is 3.01. The van der Waals surface area contributed by atoms with Crippen LogP contribution in [-0.2, 0) is 6.42 Å². The molecule has 0 radical (unpaired) electrons. The summed E-state index contributed by atoms with van der Waals surface area (Å²) < 4.78 is 38.6. The summed E-state index contributed by atoms with van der Waals surface area (Å²) in [6.45, 7) is 8.50. The van der Waals surface area contributed by atoms with Crippen LogP contribution in [0.2, 0.25) is 0 Å². The summed E-state index contributed by atoms with van der Waals surface area (Å²) in [5, 5.41) is 10.2. The molecule has 1 fully saturated rings. The fraction of sp³-hybridized carbons (Fsp3) is 0.765. The average molecular weight is 502 g/mol. The van der Waals surface area contributed by atoms with Crippen molar-refractivity contribution in [2.24, 2.45) is 4.99 Å². The molecule has 0 aromatic carbocycles. The molecule has 0 bridgehead atoms. The number of nitrogens with zero attached hydrogens (tertiary/aromatic N) is 4. The fourth-order valence-corrected chi connectivity index (χ4v) is 3.04. The van der Waals surface area contributed by atoms with Crippen molar-refractivity contribution in [3.05, 3.63) is 17.5 Å². The van der Waals surface area contributed by atoms with Gasteiger partial charge in [-0.15, -0.1) is 24.0 Å². The van der Waals surface area contributed by atoms with E-state index in [2.05, 4.69) is 20.5 Å². The highest BCUT2D eigenvalue weighted by Gasteiger charge is 2.41. The van der Waals surface area contributed by atoms with Gasteiger partial charge in [0, 0.05) is 45.0 Å². The second-order valence-electron chi connectivity index (χ2n) is 6.60. The smallest absolute Gasteiger partial charge is 0.357 e. The number of guanidine groups is 1. The summed E-state index contributed by atoms with van der Waals surface area (Å²) in [5.41, 5.74) is 2.27. The lowest BCUT2D eigenvalue weighted by Crippen LogP contribution is -2.56. The van der Waals surface area contributed by atoms with Crippen molar-refractivity contribution in [2.75, 3.05) is 39.3 Å². The molecule has 2 heterocycles. The maximum absolute atomic E-state index is 12.9. The van der Waals surface area contributed by atoms with E-state index in [1.165, 1.54) is 17.4 Å². The molecule has 1 aliphatic heterocycles. The van der Waals surface area contributed by atoms with E-state index in [1.54, 1.807) is 0 Å². The summed E-state index contributed by atoms with van der Waals surface area (Å²) in [5.74, 6) is 0.788. The van der Waals surface area contributed by atoms with E-state index in [9.17, 15) is 13.2 Å². The first-order valence-corrected chi connectivity index (χ1v) is 9.15. The van der Waals surface area contributed by atoms with Crippen molar-refractivity contribution in [1.82, 2.24) is 25.3 Å². The Hall–Kier alpha value is -1.04. The fourth-order valence-electron chi connectivity index (χ4n) is 3.04. The number of hydrogen-bond acceptors (Lipinski definition) is 3. The highest BCUT2D eigenvalue weighted by Crippen LogP contribution is 2.25. The Balaban J connectivity index is 0.00000364. The number of nitrogens with one attached hydrogen (secondary N) is 2. The Bertz CT molecular complexity index is 581. The molecule has 0 saturated carbocycles. The van der Waals surface area contributed by atoms with E-state index >= 15 is 0 Å². The molecule has 1 aromatic heterocycles. The van der Waals surface area contributed by atoms with Crippen LogP contribution in [0.4, 0.5) is 13.2 Å². The minimum Gasteiger partial charge on any atom is -0.357 e. The number of piperazine rings is 1. The highest BCUT2D eigenvalue weighted by atomic mass is 127. The van der Waals surface area contributed by atoms with Gasteiger partial charge in [-0.2, -0.15) is 18.3 Å². The molecule has 27 heavy (non-hydrogen) atoms. The summed E-state index contributed by atoms with van der Waals surface area (Å²) >= 11 is 0. The van der Waals surface area contributed by atoms with Gasteiger partial charge in [-0.1, -0.05) is 0 Å². The second kappa shape index (κ2) is 11.1. The van der Waals surface area contributed by atoms with Gasteiger partial charge >= 0.3 is 6.18 Å². The Morgan fingerprint density at radius 3 is 2.52 bits per heavy atom. The lowest BCUT2D eigenvalue weighted by atomic mass is 10.1. The predicted molar refractivity (Wildman–Crippen MR) is 112 cm³/mol. The van der Waals surface area contributed by atoms with Crippen LogP contribution in [0.5, 0.6) is 0 Å². The molecular formula is C17H30F3IN6. The van der Waals surface area contributed by atoms with Crippen LogP contribution in [0.3, 0.4) is 0 Å². The van der Waals surface area contributed by atoms with Crippen LogP contribution in [0.15, 0.2) is 11.2 Å². The first kappa shape index (κ1) is 24.0. The highest BCUT2D eigenvalue weighted by molar-refractivity contribution is 14.0. The van der Waals surface area contributed by atoms with Crippen molar-refractivity contribution in [1.29, 1.82) is 0 Å². The second-order valence-corrected chi connectivity index (χ2v) is 6.60. The molecular weight excluding hydrogens is 472 g/mol. The van der Waals surface area contributed by atoms with Gasteiger partial charge in [0.1, 0.15) is 6.04 Å². The van der Waals surface area contributed by atoms with Crippen molar-refractivity contribution in [3.8, 4) is 0 Å². The van der Waals surface area contributed by atoms with Crippen LogP contribution in [0.1, 0.15) is 31.5 Å². The van der Waals surface area contributed by atoms with Gasteiger partial charge in [0.25, 0.3) is 0 Å². The zero-order valence-electron chi connectivity index (χ0n) is 16.1. The van der Waals surface area contributed by atoms with Crippen molar-refractivity contribution in [2.45, 2.75) is 45.8 Å². The number of hydrogen-bond donors (Lipinski definition) is 2. The number of aliphatic imine (C=N–C) groups is 1. The number of aromatic amines is 1. The maximum atomic E-state index is 12.9. The number of rotatable bonds is 6. The summed E-state index contributed by atoms with van der Waals surface area (Å²) in [4.78, 5) is 8.18. The number of aryl methyl sites for hydroxylation is 2. The standard InChI is InChI=1S/C17H29F3N6.HI/c1-4-21-16(22-7-5-6-15-12-23-24-13(15)2)26-10-8-25(9-11-26)14(3)17(18,19)20;/h12,14H,4-11H2,1-3H3,(H,21,22)(H,23,24);1H. The number of halogens is 4. The van der Waals surface area contributed by atoms with E-state index in [1.807, 2.05) is 24.9 Å². The molecule has 1 unspecified atom stereocenters. The molecule has 1 aromatic rings. The van der Waals surface area contributed by atoms with Crippen LogP contribution in [0, 0.1) is 6.92 Å². The molecule has 1 atom stereocenters. The van der Waals surface area contributed by atoms with Crippen molar-refractivity contribution >= 4 is 29.9 Å². The van der Waals surface area contributed by atoms with Gasteiger partial charge in [0.05, 0.1) is 6.20 Å². The van der Waals surface area contributed by atoms with E-state index < -0.39 is 12.2 Å². The van der Waals surface area contributed by atoms with Crippen LogP contribution in [0.25, 0.3) is 0 Å². The van der Waals surface area contributed by atoms with Crippen molar-refractivity contribution in [3.63, 3.8) is 0 Å². The molecule has 1 saturated heterocycles. The Labute approximate surface area is 176 Å². The zero-order valence-corrected chi connectivity index (χ0v) is 18.5. The van der Waals surface area contributed by atoms with Gasteiger partial charge in [0.15, 0.2) is 5.96 Å². The minimum atomic E-state index is -4.17. The number of alkyl halides is 3. The number of H-pyrrole nitrogens is 1. The SMILES string of the molecule is CCNC(=NCCCc1cn[nH]c1C)N1CCN(C(C)C(F)(F)F)CC1.I. The third-order valence-electron chi connectivity index (χ3n) is 4.77. The largest absolute Gasteiger partial charge is 0.403 e. The van der Waals surface area contributed by atoms with Gasteiger partial charge < -0.3 is 10.2 Å². The summed E-state index contributed by atoms with van der Waals surface area (Å²) in [6.07, 6.45) is -0.528. The van der Waals surface area contributed by atoms with E-state index in [0.717, 1.165) is 31.0 Å². The van der Waals surface area contributed by atoms with Crippen LogP contribution < -0.4 is 5.32 Å². The van der Waals surface area contributed by atoms with Crippen molar-refractivity contribution < 1.29 is 13.2 Å². The Morgan fingerprint density at radius 2 is 2.00 bits per heavy atom. The zero-order chi connectivity index (χ0) is 19.2. The van der Waals surface area contributed by atoms with Crippen LogP contribution >= 0.6 is 24.0 Å². The monoisotopic (exact) mass is 502 g/mol. The topological polar surface area (TPSA) is 59.6 Å². The molecule has 2 rings (SSSR count). The van der Waals surface area contributed by atoms with E-state index in [-0.39, 0.29) is 24.0 Å². The predicted octanol–water partition coefficient (Wildman–Crippen LogP) is 2.80. The molecule has 2 N–H and O–H groups in total. The van der Waals surface area contributed by atoms with E-state index in [0.29, 0.717) is 32.7 Å². The summed E-state index contributed by atoms with van der Waals surface area (Å²) in [6, 6.07) is -1.40. The summed E-state index contributed by atoms with van der Waals surface area (Å²) in [7, 11) is 0. The Morgan fingerprint density at radius 1 is 1.33 bits per heavy atom. The van der Waals surface area contributed by atoms with Gasteiger partial charge in [-0.3, -0.25) is 15.0 Å². The van der Waals surface area contributed by atoms with Gasteiger partial charge in [-0.25, -0.2) is 0 Å². The van der Waals surface area contributed by atoms with Crippen LogP contribution in [-0.4, -0.2) is 77.4 Å². The van der Waals surface area contributed by atoms with E-state index in [4.69, 9.17) is 0 Å². The normalized spacial score (nSPS) is 17.6.